The molecule has 28 heavy (non-hydrogen) atoms. The lowest BCUT2D eigenvalue weighted by Gasteiger charge is -2.56. The number of nitrogens with zero attached hydrogens (tertiary/aromatic N) is 3. The van der Waals surface area contributed by atoms with Crippen molar-refractivity contribution < 1.29 is 4.79 Å². The topological polar surface area (TPSA) is 59.8 Å². The molecule has 1 aromatic carbocycles. The summed E-state index contributed by atoms with van der Waals surface area (Å²) in [5.74, 6) is 2.96. The zero-order valence-corrected chi connectivity index (χ0v) is 17.6. The van der Waals surface area contributed by atoms with Crippen LogP contribution in [0.2, 0.25) is 5.02 Å². The normalized spacial score (nSPS) is 30.6. The number of aryl methyl sites for hydroxylation is 1. The molecule has 6 rings (SSSR count). The molecule has 4 saturated carbocycles. The number of hydrogen-bond acceptors (Lipinski definition) is 4. The van der Waals surface area contributed by atoms with E-state index in [1.54, 1.807) is 6.33 Å². The molecule has 4 aliphatic rings. The van der Waals surface area contributed by atoms with E-state index in [2.05, 4.69) is 15.5 Å². The molecule has 1 N–H and O–H groups in total. The molecule has 7 heteroatoms. The first-order chi connectivity index (χ1) is 13.5. The van der Waals surface area contributed by atoms with Gasteiger partial charge >= 0.3 is 0 Å². The van der Waals surface area contributed by atoms with E-state index in [9.17, 15) is 4.79 Å². The van der Waals surface area contributed by atoms with Gasteiger partial charge < -0.3 is 5.32 Å². The fraction of sp³-hybridized carbons (Fsp3) is 0.571. The minimum absolute atomic E-state index is 0.0601. The number of amides is 1. The van der Waals surface area contributed by atoms with Crippen molar-refractivity contribution in [1.29, 1.82) is 0 Å². The van der Waals surface area contributed by atoms with Crippen molar-refractivity contribution in [2.45, 2.75) is 56.1 Å². The van der Waals surface area contributed by atoms with Crippen molar-refractivity contribution in [1.82, 2.24) is 20.1 Å². The highest BCUT2D eigenvalue weighted by Crippen LogP contribution is 2.55. The molecule has 2 aromatic rings. The number of benzene rings is 1. The second-order valence-electron chi connectivity index (χ2n) is 8.95. The van der Waals surface area contributed by atoms with E-state index >= 15 is 0 Å². The van der Waals surface area contributed by atoms with Gasteiger partial charge in [-0.1, -0.05) is 29.4 Å². The Morgan fingerprint density at radius 1 is 1.25 bits per heavy atom. The second-order valence-corrected chi connectivity index (χ2v) is 10.3. The summed E-state index contributed by atoms with van der Waals surface area (Å²) in [6.45, 7) is 1.97. The largest absolute Gasteiger partial charge is 0.350 e. The maximum absolute atomic E-state index is 12.8. The van der Waals surface area contributed by atoms with Crippen molar-refractivity contribution in [2.75, 3.05) is 5.75 Å². The van der Waals surface area contributed by atoms with Crippen LogP contribution in [0.1, 0.15) is 44.1 Å². The van der Waals surface area contributed by atoms with Gasteiger partial charge in [-0.05, 0) is 80.9 Å². The Morgan fingerprint density at radius 3 is 2.57 bits per heavy atom. The van der Waals surface area contributed by atoms with Crippen LogP contribution in [0.25, 0.3) is 5.69 Å². The highest BCUT2D eigenvalue weighted by Gasteiger charge is 2.51. The van der Waals surface area contributed by atoms with Gasteiger partial charge in [0, 0.05) is 10.6 Å². The van der Waals surface area contributed by atoms with Gasteiger partial charge in [0.15, 0.2) is 5.16 Å². The third kappa shape index (κ3) is 3.45. The molecule has 1 heterocycles. The van der Waals surface area contributed by atoms with Crippen molar-refractivity contribution >= 4 is 29.3 Å². The number of carbonyl (C=O) groups excluding carboxylic acids is 1. The van der Waals surface area contributed by atoms with Crippen LogP contribution in [0.3, 0.4) is 0 Å². The summed E-state index contributed by atoms with van der Waals surface area (Å²) < 4.78 is 1.88. The Balaban J connectivity index is 1.24. The highest BCUT2D eigenvalue weighted by atomic mass is 35.5. The summed E-state index contributed by atoms with van der Waals surface area (Å²) >= 11 is 7.69. The molecular formula is C21H25ClN4OS. The molecule has 4 aliphatic carbocycles. The van der Waals surface area contributed by atoms with Crippen LogP contribution < -0.4 is 5.32 Å². The van der Waals surface area contributed by atoms with E-state index < -0.39 is 0 Å². The van der Waals surface area contributed by atoms with Crippen LogP contribution in [-0.2, 0) is 4.79 Å². The molecule has 148 valence electrons. The standard InChI is InChI=1S/C21H25ClN4OS/c1-13-2-3-17(7-18(13)22)26-12-23-25-20(26)28-11-19(27)24-21-8-14-4-15(9-21)6-16(5-14)10-21/h2-3,7,12,14-16H,4-6,8-11H2,1H3,(H,24,27). The zero-order valence-electron chi connectivity index (χ0n) is 16.0. The average molecular weight is 417 g/mol. The lowest BCUT2D eigenvalue weighted by molar-refractivity contribution is -0.124. The van der Waals surface area contributed by atoms with E-state index in [0.29, 0.717) is 15.9 Å². The number of nitrogens with one attached hydrogen (secondary N) is 1. The molecule has 0 aliphatic heterocycles. The maximum atomic E-state index is 12.8. The Hall–Kier alpha value is -1.53. The summed E-state index contributed by atoms with van der Waals surface area (Å²) in [7, 11) is 0. The minimum Gasteiger partial charge on any atom is -0.350 e. The minimum atomic E-state index is 0.0601. The number of halogens is 1. The molecule has 0 saturated heterocycles. The average Bonchev–Trinajstić information content (AvgIpc) is 3.09. The van der Waals surface area contributed by atoms with Crippen LogP contribution in [0, 0.1) is 24.7 Å². The third-order valence-electron chi connectivity index (χ3n) is 6.73. The molecule has 0 atom stereocenters. The predicted octanol–water partition coefficient (Wildman–Crippen LogP) is 4.41. The number of aromatic nitrogens is 3. The number of carbonyl (C=O) groups is 1. The Kier molecular flexibility index (Phi) is 4.67. The lowest BCUT2D eigenvalue weighted by atomic mass is 9.53. The molecule has 1 amide bonds. The second kappa shape index (κ2) is 7.06. The van der Waals surface area contributed by atoms with Gasteiger partial charge in [0.05, 0.1) is 11.4 Å². The third-order valence-corrected chi connectivity index (χ3v) is 8.08. The molecule has 0 radical (unpaired) electrons. The van der Waals surface area contributed by atoms with Gasteiger partial charge in [0.25, 0.3) is 0 Å². The molecule has 4 bridgehead atoms. The van der Waals surface area contributed by atoms with E-state index in [1.807, 2.05) is 29.7 Å². The summed E-state index contributed by atoms with van der Waals surface area (Å²) in [5, 5.41) is 13.1. The lowest BCUT2D eigenvalue weighted by Crippen LogP contribution is -2.60. The SMILES string of the molecule is Cc1ccc(-n2cnnc2SCC(=O)NC23CC4CC(CC(C4)C2)C3)cc1Cl. The van der Waals surface area contributed by atoms with Crippen LogP contribution >= 0.6 is 23.4 Å². The van der Waals surface area contributed by atoms with Gasteiger partial charge in [0.1, 0.15) is 6.33 Å². The zero-order chi connectivity index (χ0) is 19.3. The first-order valence-corrected chi connectivity index (χ1v) is 11.5. The maximum Gasteiger partial charge on any atom is 0.230 e. The van der Waals surface area contributed by atoms with Crippen molar-refractivity contribution in [2.24, 2.45) is 17.8 Å². The smallest absolute Gasteiger partial charge is 0.230 e. The fourth-order valence-corrected chi connectivity index (χ4v) is 6.86. The molecule has 4 fully saturated rings. The summed E-state index contributed by atoms with van der Waals surface area (Å²) in [6.07, 6.45) is 9.33. The monoisotopic (exact) mass is 416 g/mol. The van der Waals surface area contributed by atoms with Crippen molar-refractivity contribution in [3.63, 3.8) is 0 Å². The highest BCUT2D eigenvalue weighted by molar-refractivity contribution is 7.99. The van der Waals surface area contributed by atoms with E-state index in [4.69, 9.17) is 11.6 Å². The van der Waals surface area contributed by atoms with E-state index in [1.165, 1.54) is 50.3 Å². The van der Waals surface area contributed by atoms with E-state index in [0.717, 1.165) is 29.0 Å². The first kappa shape index (κ1) is 18.5. The number of rotatable bonds is 5. The summed E-state index contributed by atoms with van der Waals surface area (Å²) in [6, 6.07) is 5.87. The first-order valence-electron chi connectivity index (χ1n) is 10.1. The number of hydrogen-bond donors (Lipinski definition) is 1. The van der Waals surface area contributed by atoms with Gasteiger partial charge in [-0.3, -0.25) is 9.36 Å². The summed E-state index contributed by atoms with van der Waals surface area (Å²) in [4.78, 5) is 12.8. The number of thioether (sulfide) groups is 1. The quantitative estimate of drug-likeness (QED) is 0.733. The summed E-state index contributed by atoms with van der Waals surface area (Å²) in [5.41, 5.74) is 2.00. The molecule has 0 unspecified atom stereocenters. The Bertz CT molecular complexity index is 876. The van der Waals surface area contributed by atoms with Crippen molar-refractivity contribution in [3.05, 3.63) is 35.1 Å². The van der Waals surface area contributed by atoms with Gasteiger partial charge in [-0.15, -0.1) is 10.2 Å². The molecule has 0 spiro atoms. The van der Waals surface area contributed by atoms with Crippen LogP contribution in [0.5, 0.6) is 0 Å². The fourth-order valence-electron chi connectivity index (χ4n) is 5.96. The molecule has 5 nitrogen and oxygen atoms in total. The predicted molar refractivity (Wildman–Crippen MR) is 111 cm³/mol. The molecule has 1 aromatic heterocycles. The van der Waals surface area contributed by atoms with Gasteiger partial charge in [-0.25, -0.2) is 0 Å². The van der Waals surface area contributed by atoms with Crippen LogP contribution in [0.15, 0.2) is 29.7 Å². The van der Waals surface area contributed by atoms with Crippen molar-refractivity contribution in [3.8, 4) is 5.69 Å². The van der Waals surface area contributed by atoms with E-state index in [-0.39, 0.29) is 11.4 Å². The molecular weight excluding hydrogens is 392 g/mol. The van der Waals surface area contributed by atoms with Gasteiger partial charge in [0.2, 0.25) is 5.91 Å². The Labute approximate surface area is 174 Å². The van der Waals surface area contributed by atoms with Crippen LogP contribution in [-0.4, -0.2) is 32.0 Å². The van der Waals surface area contributed by atoms with Crippen LogP contribution in [0.4, 0.5) is 0 Å². The Morgan fingerprint density at radius 2 is 1.93 bits per heavy atom. The van der Waals surface area contributed by atoms with Gasteiger partial charge in [-0.2, -0.15) is 0 Å².